The van der Waals surface area contributed by atoms with Gasteiger partial charge in [0, 0.05) is 32.3 Å². The fourth-order valence-corrected chi connectivity index (χ4v) is 5.45. The highest BCUT2D eigenvalue weighted by molar-refractivity contribution is 7.90. The van der Waals surface area contributed by atoms with E-state index in [9.17, 15) is 18.0 Å². The lowest BCUT2D eigenvalue weighted by Crippen LogP contribution is -2.52. The predicted molar refractivity (Wildman–Crippen MR) is 132 cm³/mol. The highest BCUT2D eigenvalue weighted by atomic mass is 35.5. The Kier molecular flexibility index (Phi) is 7.09. The average molecular weight is 534 g/mol. The Morgan fingerprint density at radius 2 is 1.86 bits per heavy atom. The quantitative estimate of drug-likeness (QED) is 0.476. The van der Waals surface area contributed by atoms with Gasteiger partial charge in [-0.2, -0.15) is 5.10 Å². The molecule has 0 aliphatic carbocycles. The van der Waals surface area contributed by atoms with Gasteiger partial charge >= 0.3 is 6.03 Å². The standard InChI is InChI=1S/C23H24ClN5O6S/c1-14-20(21(24)29(3)26-14)36(32,33)27-23(31)25-17(11-15-7-5-4-6-8-15)22(30)28(2)16-9-10-18-19(12-16)35-13-34-18/h4-10,12,17H,11,13H2,1-3H3,(H2,25,27,31). The minimum atomic E-state index is -4.36. The number of carbonyl (C=O) groups is 2. The lowest BCUT2D eigenvalue weighted by Gasteiger charge is -2.25. The Bertz CT molecular complexity index is 1410. The first-order valence-corrected chi connectivity index (χ1v) is 12.7. The van der Waals surface area contributed by atoms with Crippen molar-refractivity contribution in [3.05, 3.63) is 64.9 Å². The molecule has 1 unspecified atom stereocenters. The third-order valence-corrected chi connectivity index (χ3v) is 7.58. The van der Waals surface area contributed by atoms with Gasteiger partial charge in [-0.3, -0.25) is 9.48 Å². The number of amides is 3. The number of aryl methyl sites for hydroxylation is 2. The van der Waals surface area contributed by atoms with Crippen molar-refractivity contribution in [1.29, 1.82) is 0 Å². The van der Waals surface area contributed by atoms with Crippen molar-refractivity contribution in [2.75, 3.05) is 18.7 Å². The summed E-state index contributed by atoms with van der Waals surface area (Å²) in [7, 11) is -1.33. The molecule has 4 rings (SSSR count). The zero-order chi connectivity index (χ0) is 26.0. The van der Waals surface area contributed by atoms with Gasteiger partial charge in [0.15, 0.2) is 11.5 Å². The number of sulfonamides is 1. The van der Waals surface area contributed by atoms with Crippen LogP contribution in [-0.2, 0) is 28.3 Å². The van der Waals surface area contributed by atoms with E-state index in [-0.39, 0.29) is 29.0 Å². The van der Waals surface area contributed by atoms with Crippen LogP contribution in [0.4, 0.5) is 10.5 Å². The van der Waals surface area contributed by atoms with E-state index in [1.54, 1.807) is 49.5 Å². The molecular formula is C23H24ClN5O6S. The summed E-state index contributed by atoms with van der Waals surface area (Å²) in [6.45, 7) is 1.55. The molecule has 1 aromatic heterocycles. The van der Waals surface area contributed by atoms with Crippen molar-refractivity contribution in [3.63, 3.8) is 0 Å². The highest BCUT2D eigenvalue weighted by Gasteiger charge is 2.31. The normalized spacial score (nSPS) is 13.2. The maximum absolute atomic E-state index is 13.5. The molecule has 1 aliphatic rings. The number of ether oxygens (including phenoxy) is 2. The van der Waals surface area contributed by atoms with Gasteiger partial charge < -0.3 is 19.7 Å². The number of likely N-dealkylation sites (N-methyl/N-ethyl adjacent to an activating group) is 1. The number of hydrogen-bond donors (Lipinski definition) is 2. The number of anilines is 1. The number of benzene rings is 2. The predicted octanol–water partition coefficient (Wildman–Crippen LogP) is 2.37. The Labute approximate surface area is 213 Å². The van der Waals surface area contributed by atoms with Crippen molar-refractivity contribution in [2.24, 2.45) is 7.05 Å². The second kappa shape index (κ2) is 10.1. The molecule has 13 heteroatoms. The van der Waals surface area contributed by atoms with E-state index >= 15 is 0 Å². The Balaban J connectivity index is 1.56. The second-order valence-corrected chi connectivity index (χ2v) is 10.1. The van der Waals surface area contributed by atoms with Gasteiger partial charge in [0.25, 0.3) is 10.0 Å². The number of nitrogens with zero attached hydrogens (tertiary/aromatic N) is 3. The van der Waals surface area contributed by atoms with Crippen LogP contribution < -0.4 is 24.4 Å². The zero-order valence-electron chi connectivity index (χ0n) is 19.7. The summed E-state index contributed by atoms with van der Waals surface area (Å²) in [6.07, 6.45) is 0.120. The van der Waals surface area contributed by atoms with E-state index in [4.69, 9.17) is 21.1 Å². The van der Waals surface area contributed by atoms with Gasteiger partial charge in [0.05, 0.1) is 5.69 Å². The summed E-state index contributed by atoms with van der Waals surface area (Å²) in [5.74, 6) is 0.584. The first kappa shape index (κ1) is 25.3. The van der Waals surface area contributed by atoms with Crippen molar-refractivity contribution in [1.82, 2.24) is 19.8 Å². The monoisotopic (exact) mass is 533 g/mol. The Morgan fingerprint density at radius 1 is 1.17 bits per heavy atom. The number of urea groups is 1. The van der Waals surface area contributed by atoms with Crippen molar-refractivity contribution >= 4 is 39.2 Å². The molecule has 3 aromatic rings. The van der Waals surface area contributed by atoms with Crippen LogP contribution in [0.3, 0.4) is 0 Å². The molecular weight excluding hydrogens is 510 g/mol. The number of aromatic nitrogens is 2. The van der Waals surface area contributed by atoms with Crippen LogP contribution >= 0.6 is 11.6 Å². The van der Waals surface area contributed by atoms with Crippen LogP contribution in [0, 0.1) is 6.92 Å². The Morgan fingerprint density at radius 3 is 2.53 bits per heavy atom. The van der Waals surface area contributed by atoms with Gasteiger partial charge in [0.2, 0.25) is 12.7 Å². The maximum Gasteiger partial charge on any atom is 0.329 e. The van der Waals surface area contributed by atoms with Gasteiger partial charge in [-0.05, 0) is 24.6 Å². The molecule has 1 atom stereocenters. The number of fused-ring (bicyclic) bond motifs is 1. The molecule has 2 aromatic carbocycles. The molecule has 36 heavy (non-hydrogen) atoms. The second-order valence-electron chi connectivity index (χ2n) is 8.09. The van der Waals surface area contributed by atoms with Crippen LogP contribution in [0.2, 0.25) is 5.15 Å². The number of halogens is 1. The highest BCUT2D eigenvalue weighted by Crippen LogP contribution is 2.35. The van der Waals surface area contributed by atoms with E-state index in [0.29, 0.717) is 17.2 Å². The van der Waals surface area contributed by atoms with Crippen LogP contribution in [0.5, 0.6) is 11.5 Å². The molecule has 2 heterocycles. The number of carbonyl (C=O) groups excluding carboxylic acids is 2. The molecule has 3 amide bonds. The molecule has 0 saturated heterocycles. The lowest BCUT2D eigenvalue weighted by molar-refractivity contribution is -0.120. The summed E-state index contributed by atoms with van der Waals surface area (Å²) < 4.78 is 39.5. The van der Waals surface area contributed by atoms with Gasteiger partial charge in [-0.1, -0.05) is 41.9 Å². The minimum Gasteiger partial charge on any atom is -0.454 e. The third kappa shape index (κ3) is 5.24. The number of rotatable bonds is 7. The lowest BCUT2D eigenvalue weighted by atomic mass is 10.0. The zero-order valence-corrected chi connectivity index (χ0v) is 21.3. The largest absolute Gasteiger partial charge is 0.454 e. The average Bonchev–Trinajstić information content (AvgIpc) is 3.40. The number of nitrogens with one attached hydrogen (secondary N) is 2. The molecule has 0 bridgehead atoms. The van der Waals surface area contributed by atoms with E-state index in [1.807, 2.05) is 10.8 Å². The molecule has 2 N–H and O–H groups in total. The van der Waals surface area contributed by atoms with E-state index < -0.39 is 28.0 Å². The van der Waals surface area contributed by atoms with Crippen LogP contribution in [-0.4, -0.2) is 50.0 Å². The van der Waals surface area contributed by atoms with Gasteiger partial charge in [-0.15, -0.1) is 0 Å². The molecule has 0 radical (unpaired) electrons. The van der Waals surface area contributed by atoms with Gasteiger partial charge in [0.1, 0.15) is 16.1 Å². The van der Waals surface area contributed by atoms with Crippen molar-refractivity contribution in [2.45, 2.75) is 24.3 Å². The summed E-state index contributed by atoms with van der Waals surface area (Å²) in [4.78, 5) is 27.3. The third-order valence-electron chi connectivity index (χ3n) is 5.56. The molecule has 0 saturated carbocycles. The van der Waals surface area contributed by atoms with Crippen LogP contribution in [0.25, 0.3) is 0 Å². The smallest absolute Gasteiger partial charge is 0.329 e. The van der Waals surface area contributed by atoms with Crippen molar-refractivity contribution < 1.29 is 27.5 Å². The van der Waals surface area contributed by atoms with Crippen molar-refractivity contribution in [3.8, 4) is 11.5 Å². The fraction of sp³-hybridized carbons (Fsp3) is 0.261. The van der Waals surface area contributed by atoms with E-state index in [1.165, 1.54) is 23.6 Å². The SMILES string of the molecule is Cc1nn(C)c(Cl)c1S(=O)(=O)NC(=O)NC(Cc1ccccc1)C(=O)N(C)c1ccc2c(c1)OCO2. The molecule has 11 nitrogen and oxygen atoms in total. The molecule has 0 fully saturated rings. The maximum atomic E-state index is 13.5. The fourth-order valence-electron chi connectivity index (χ4n) is 3.78. The summed E-state index contributed by atoms with van der Waals surface area (Å²) in [6, 6.07) is 11.9. The first-order valence-electron chi connectivity index (χ1n) is 10.8. The van der Waals surface area contributed by atoms with Gasteiger partial charge in [-0.25, -0.2) is 17.9 Å². The van der Waals surface area contributed by atoms with Crippen LogP contribution in [0.1, 0.15) is 11.3 Å². The van der Waals surface area contributed by atoms with E-state index in [0.717, 1.165) is 5.56 Å². The van der Waals surface area contributed by atoms with Crippen LogP contribution in [0.15, 0.2) is 53.4 Å². The number of hydrogen-bond acceptors (Lipinski definition) is 7. The minimum absolute atomic E-state index is 0.0870. The summed E-state index contributed by atoms with van der Waals surface area (Å²) in [5, 5.41) is 6.31. The summed E-state index contributed by atoms with van der Waals surface area (Å²) in [5.41, 5.74) is 1.40. The molecule has 190 valence electrons. The Hall–Kier alpha value is -3.77. The molecule has 1 aliphatic heterocycles. The molecule has 0 spiro atoms. The van der Waals surface area contributed by atoms with E-state index in [2.05, 4.69) is 10.4 Å². The first-order chi connectivity index (χ1) is 17.1. The topological polar surface area (TPSA) is 132 Å². The summed E-state index contributed by atoms with van der Waals surface area (Å²) >= 11 is 6.06.